The number of amides is 3. The maximum Gasteiger partial charge on any atom is 0.332 e. The van der Waals surface area contributed by atoms with Crippen LogP contribution >= 0.6 is 11.8 Å². The van der Waals surface area contributed by atoms with Crippen LogP contribution in [0.25, 0.3) is 11.4 Å². The maximum atomic E-state index is 13.4. The van der Waals surface area contributed by atoms with Crippen LogP contribution in [-0.2, 0) is 11.3 Å². The molecule has 2 unspecified atom stereocenters. The van der Waals surface area contributed by atoms with E-state index in [9.17, 15) is 9.59 Å². The summed E-state index contributed by atoms with van der Waals surface area (Å²) in [5.74, 6) is 1.26. The van der Waals surface area contributed by atoms with E-state index in [1.807, 2.05) is 55.7 Å². The number of nitrogens with zero attached hydrogens (tertiary/aromatic N) is 4. The van der Waals surface area contributed by atoms with Gasteiger partial charge in [-0.05, 0) is 55.7 Å². The largest absolute Gasteiger partial charge is 0.491 e. The molecule has 3 aromatic rings. The van der Waals surface area contributed by atoms with Crippen molar-refractivity contribution in [1.29, 1.82) is 0 Å². The van der Waals surface area contributed by atoms with Crippen LogP contribution in [0.2, 0.25) is 0 Å². The summed E-state index contributed by atoms with van der Waals surface area (Å²) in [6.45, 7) is 4.04. The fourth-order valence-electron chi connectivity index (χ4n) is 3.87. The minimum absolute atomic E-state index is 0.0867. The number of anilines is 1. The highest BCUT2D eigenvalue weighted by Gasteiger charge is 2.48. The molecule has 2 aliphatic rings. The van der Waals surface area contributed by atoms with Gasteiger partial charge in [-0.15, -0.1) is 11.8 Å². The number of ether oxygens (including phenoxy) is 1. The zero-order chi connectivity index (χ0) is 22.9. The monoisotopic (exact) mass is 462 g/mol. The van der Waals surface area contributed by atoms with Gasteiger partial charge in [-0.25, -0.2) is 9.69 Å². The molecule has 3 amide bonds. The Kier molecular flexibility index (Phi) is 5.63. The Balaban J connectivity index is 1.38. The highest BCUT2D eigenvalue weighted by atomic mass is 32.2. The quantitative estimate of drug-likeness (QED) is 0.533. The van der Waals surface area contributed by atoms with Crippen molar-refractivity contribution in [1.82, 2.24) is 15.0 Å². The summed E-state index contributed by atoms with van der Waals surface area (Å²) in [4.78, 5) is 33.7. The summed E-state index contributed by atoms with van der Waals surface area (Å²) < 4.78 is 11.1. The minimum atomic E-state index is -0.408. The van der Waals surface area contributed by atoms with Gasteiger partial charge >= 0.3 is 6.03 Å². The molecule has 0 aliphatic carbocycles. The first-order valence-corrected chi connectivity index (χ1v) is 11.6. The summed E-state index contributed by atoms with van der Waals surface area (Å²) in [6.07, 6.45) is 1.96. The molecule has 3 heterocycles. The molecule has 2 aromatic carbocycles. The van der Waals surface area contributed by atoms with Crippen molar-refractivity contribution < 1.29 is 18.8 Å². The molecule has 9 heteroatoms. The summed E-state index contributed by atoms with van der Waals surface area (Å²) in [5.41, 5.74) is 1.32. The van der Waals surface area contributed by atoms with Gasteiger partial charge < -0.3 is 14.2 Å². The predicted molar refractivity (Wildman–Crippen MR) is 125 cm³/mol. The van der Waals surface area contributed by atoms with Gasteiger partial charge in [0.15, 0.2) is 0 Å². The van der Waals surface area contributed by atoms with Crippen LogP contribution in [0, 0.1) is 0 Å². The SMILES string of the molecule is CC(C)Oc1ccc(-c2noc(CN3C(=O)N(c4ccccc4)C(=O)C4SC=CC43)n2)cc1. The van der Waals surface area contributed by atoms with Gasteiger partial charge in [0.25, 0.3) is 5.91 Å². The third-order valence-corrected chi connectivity index (χ3v) is 6.43. The van der Waals surface area contributed by atoms with Crippen LogP contribution in [0.5, 0.6) is 5.75 Å². The summed E-state index contributed by atoms with van der Waals surface area (Å²) >= 11 is 1.41. The molecule has 168 valence electrons. The number of thioether (sulfide) groups is 1. The Bertz CT molecular complexity index is 1190. The Hall–Kier alpha value is -3.59. The molecule has 0 spiro atoms. The number of rotatable bonds is 6. The molecule has 0 bridgehead atoms. The molecule has 2 atom stereocenters. The second-order valence-corrected chi connectivity index (χ2v) is 9.05. The summed E-state index contributed by atoms with van der Waals surface area (Å²) in [6, 6.07) is 15.6. The van der Waals surface area contributed by atoms with E-state index >= 15 is 0 Å². The number of hydrogen-bond donors (Lipinski definition) is 0. The van der Waals surface area contributed by atoms with Crippen molar-refractivity contribution in [2.24, 2.45) is 0 Å². The zero-order valence-electron chi connectivity index (χ0n) is 18.1. The van der Waals surface area contributed by atoms with Crippen molar-refractivity contribution in [2.75, 3.05) is 4.90 Å². The number of benzene rings is 2. The Morgan fingerprint density at radius 3 is 2.58 bits per heavy atom. The van der Waals surface area contributed by atoms with E-state index in [4.69, 9.17) is 9.26 Å². The maximum absolute atomic E-state index is 13.4. The first-order valence-electron chi connectivity index (χ1n) is 10.6. The first kappa shape index (κ1) is 21.3. The smallest absolute Gasteiger partial charge is 0.332 e. The van der Waals surface area contributed by atoms with E-state index in [-0.39, 0.29) is 24.6 Å². The Morgan fingerprint density at radius 2 is 1.85 bits per heavy atom. The van der Waals surface area contributed by atoms with E-state index < -0.39 is 11.3 Å². The van der Waals surface area contributed by atoms with Gasteiger partial charge in [-0.3, -0.25) is 4.79 Å². The molecule has 1 saturated heterocycles. The first-order chi connectivity index (χ1) is 16.0. The normalized spacial score (nSPS) is 20.0. The highest BCUT2D eigenvalue weighted by molar-refractivity contribution is 8.03. The molecular formula is C24H22N4O4S. The molecule has 2 aliphatic heterocycles. The predicted octanol–water partition coefficient (Wildman–Crippen LogP) is 4.49. The van der Waals surface area contributed by atoms with Crippen LogP contribution in [0.15, 0.2) is 70.6 Å². The molecule has 5 rings (SSSR count). The van der Waals surface area contributed by atoms with Crippen LogP contribution in [0.3, 0.4) is 0 Å². The highest BCUT2D eigenvalue weighted by Crippen LogP contribution is 2.37. The lowest BCUT2D eigenvalue weighted by Crippen LogP contribution is -2.61. The second kappa shape index (κ2) is 8.74. The van der Waals surface area contributed by atoms with Crippen LogP contribution in [0.1, 0.15) is 19.7 Å². The number of para-hydroxylation sites is 1. The van der Waals surface area contributed by atoms with E-state index in [1.54, 1.807) is 29.2 Å². The third-order valence-electron chi connectivity index (χ3n) is 5.34. The van der Waals surface area contributed by atoms with Crippen LogP contribution in [0.4, 0.5) is 10.5 Å². The number of imide groups is 1. The zero-order valence-corrected chi connectivity index (χ0v) is 18.9. The van der Waals surface area contributed by atoms with E-state index in [0.717, 1.165) is 11.3 Å². The number of urea groups is 1. The summed E-state index contributed by atoms with van der Waals surface area (Å²) in [7, 11) is 0. The fraction of sp³-hybridized carbons (Fsp3) is 0.250. The number of carbonyl (C=O) groups excluding carboxylic acids is 2. The van der Waals surface area contributed by atoms with E-state index in [2.05, 4.69) is 10.1 Å². The molecule has 1 aromatic heterocycles. The second-order valence-electron chi connectivity index (χ2n) is 8.00. The van der Waals surface area contributed by atoms with Gasteiger partial charge in [0.05, 0.1) is 17.8 Å². The lowest BCUT2D eigenvalue weighted by atomic mass is 10.1. The average Bonchev–Trinajstić information content (AvgIpc) is 3.48. The lowest BCUT2D eigenvalue weighted by Gasteiger charge is -2.40. The molecule has 0 radical (unpaired) electrons. The van der Waals surface area contributed by atoms with Gasteiger partial charge in [0.1, 0.15) is 17.5 Å². The summed E-state index contributed by atoms with van der Waals surface area (Å²) in [5, 5.41) is 5.54. The van der Waals surface area contributed by atoms with E-state index in [0.29, 0.717) is 17.4 Å². The molecule has 33 heavy (non-hydrogen) atoms. The lowest BCUT2D eigenvalue weighted by molar-refractivity contribution is -0.119. The van der Waals surface area contributed by atoms with Gasteiger partial charge in [-0.2, -0.15) is 4.98 Å². The standard InChI is InChI=1S/C24H22N4O4S/c1-15(2)31-18-10-8-16(9-11-18)22-25-20(32-26-22)14-27-19-12-13-33-21(19)23(29)28(24(27)30)17-6-4-3-5-7-17/h3-13,15,19,21H,14H2,1-2H3. The Labute approximate surface area is 195 Å². The van der Waals surface area contributed by atoms with Gasteiger partial charge in [0, 0.05) is 5.56 Å². The number of hydrogen-bond acceptors (Lipinski definition) is 7. The topological polar surface area (TPSA) is 88.8 Å². The number of aromatic nitrogens is 2. The van der Waals surface area contributed by atoms with Crippen LogP contribution in [-0.4, -0.2) is 44.4 Å². The van der Waals surface area contributed by atoms with Crippen molar-refractivity contribution in [2.45, 2.75) is 37.8 Å². The minimum Gasteiger partial charge on any atom is -0.491 e. The number of carbonyl (C=O) groups is 2. The molecule has 1 fully saturated rings. The third kappa shape index (κ3) is 4.11. The molecule has 0 saturated carbocycles. The van der Waals surface area contributed by atoms with Crippen molar-refractivity contribution in [3.63, 3.8) is 0 Å². The van der Waals surface area contributed by atoms with Gasteiger partial charge in [-0.1, -0.05) is 29.4 Å². The van der Waals surface area contributed by atoms with Crippen molar-refractivity contribution in [3.8, 4) is 17.1 Å². The van der Waals surface area contributed by atoms with Crippen molar-refractivity contribution in [3.05, 3.63) is 72.0 Å². The Morgan fingerprint density at radius 1 is 1.09 bits per heavy atom. The van der Waals surface area contributed by atoms with E-state index in [1.165, 1.54) is 16.7 Å². The molecule has 8 nitrogen and oxygen atoms in total. The van der Waals surface area contributed by atoms with Crippen LogP contribution < -0.4 is 9.64 Å². The van der Waals surface area contributed by atoms with Crippen molar-refractivity contribution >= 4 is 29.4 Å². The fourth-order valence-corrected chi connectivity index (χ4v) is 4.91. The molecular weight excluding hydrogens is 440 g/mol. The average molecular weight is 463 g/mol. The number of fused-ring (bicyclic) bond motifs is 1. The molecule has 0 N–H and O–H groups in total. The van der Waals surface area contributed by atoms with Gasteiger partial charge in [0.2, 0.25) is 11.7 Å².